The minimum absolute atomic E-state index is 0.673. The van der Waals surface area contributed by atoms with E-state index in [1.165, 1.54) is 25.8 Å². The standard InChI is InChI=1S/C13H22N2O/c1-11-5-6-13(16-11)7-9-14-10-12-4-2-3-8-15-12/h5-6,12,14-15H,2-4,7-10H2,1H3. The summed E-state index contributed by atoms with van der Waals surface area (Å²) in [5.74, 6) is 2.09. The molecule has 0 aromatic carbocycles. The second-order valence-corrected chi connectivity index (χ2v) is 4.61. The number of furan rings is 1. The molecule has 0 spiro atoms. The summed E-state index contributed by atoms with van der Waals surface area (Å²) in [5.41, 5.74) is 0. The van der Waals surface area contributed by atoms with E-state index in [0.717, 1.165) is 31.0 Å². The number of hydrogen-bond donors (Lipinski definition) is 2. The van der Waals surface area contributed by atoms with Crippen LogP contribution >= 0.6 is 0 Å². The molecule has 1 saturated heterocycles. The molecule has 3 heteroatoms. The number of rotatable bonds is 5. The fourth-order valence-corrected chi connectivity index (χ4v) is 2.21. The van der Waals surface area contributed by atoms with Gasteiger partial charge in [0.15, 0.2) is 0 Å². The number of aryl methyl sites for hydroxylation is 1. The van der Waals surface area contributed by atoms with Crippen LogP contribution in [0.15, 0.2) is 16.5 Å². The second kappa shape index (κ2) is 6.06. The molecule has 0 saturated carbocycles. The van der Waals surface area contributed by atoms with Crippen molar-refractivity contribution in [1.82, 2.24) is 10.6 Å². The third kappa shape index (κ3) is 3.65. The molecule has 0 amide bonds. The summed E-state index contributed by atoms with van der Waals surface area (Å²) in [6, 6.07) is 4.76. The summed E-state index contributed by atoms with van der Waals surface area (Å²) in [5, 5.41) is 7.03. The van der Waals surface area contributed by atoms with E-state index in [0.29, 0.717) is 6.04 Å². The largest absolute Gasteiger partial charge is 0.466 e. The summed E-state index contributed by atoms with van der Waals surface area (Å²) >= 11 is 0. The molecule has 16 heavy (non-hydrogen) atoms. The Balaban J connectivity index is 1.57. The monoisotopic (exact) mass is 222 g/mol. The predicted octanol–water partition coefficient (Wildman–Crippen LogP) is 1.86. The first kappa shape index (κ1) is 11.7. The fraction of sp³-hybridized carbons (Fsp3) is 0.692. The van der Waals surface area contributed by atoms with Gasteiger partial charge in [-0.1, -0.05) is 6.42 Å². The summed E-state index contributed by atoms with van der Waals surface area (Å²) in [7, 11) is 0. The lowest BCUT2D eigenvalue weighted by molar-refractivity contribution is 0.381. The van der Waals surface area contributed by atoms with Crippen molar-refractivity contribution in [3.63, 3.8) is 0 Å². The molecule has 1 aliphatic heterocycles. The van der Waals surface area contributed by atoms with Crippen LogP contribution < -0.4 is 10.6 Å². The maximum Gasteiger partial charge on any atom is 0.105 e. The normalized spacial score (nSPS) is 21.2. The maximum atomic E-state index is 5.52. The average molecular weight is 222 g/mol. The Hall–Kier alpha value is -0.800. The van der Waals surface area contributed by atoms with Gasteiger partial charge in [-0.25, -0.2) is 0 Å². The molecule has 2 rings (SSSR count). The quantitative estimate of drug-likeness (QED) is 0.747. The summed E-state index contributed by atoms with van der Waals surface area (Å²) in [6.45, 7) is 5.26. The van der Waals surface area contributed by atoms with Gasteiger partial charge in [-0.2, -0.15) is 0 Å². The lowest BCUT2D eigenvalue weighted by Crippen LogP contribution is -2.42. The van der Waals surface area contributed by atoms with E-state index in [2.05, 4.69) is 16.7 Å². The zero-order valence-corrected chi connectivity index (χ0v) is 10.1. The topological polar surface area (TPSA) is 37.2 Å². The Kier molecular flexibility index (Phi) is 4.43. The molecule has 0 radical (unpaired) electrons. The zero-order chi connectivity index (χ0) is 11.2. The van der Waals surface area contributed by atoms with Crippen molar-refractivity contribution in [2.75, 3.05) is 19.6 Å². The number of nitrogens with one attached hydrogen (secondary N) is 2. The summed E-state index contributed by atoms with van der Waals surface area (Å²) in [4.78, 5) is 0. The first-order chi connectivity index (χ1) is 7.84. The molecule has 1 aromatic heterocycles. The van der Waals surface area contributed by atoms with Crippen molar-refractivity contribution in [2.45, 2.75) is 38.6 Å². The molecule has 1 atom stereocenters. The van der Waals surface area contributed by atoms with Crippen molar-refractivity contribution < 1.29 is 4.42 Å². The average Bonchev–Trinajstić information content (AvgIpc) is 2.72. The van der Waals surface area contributed by atoms with Crippen molar-refractivity contribution in [3.05, 3.63) is 23.7 Å². The van der Waals surface area contributed by atoms with E-state index in [9.17, 15) is 0 Å². The number of piperidine rings is 1. The van der Waals surface area contributed by atoms with Crippen LogP contribution in [-0.2, 0) is 6.42 Å². The van der Waals surface area contributed by atoms with Gasteiger partial charge in [0.1, 0.15) is 11.5 Å². The van der Waals surface area contributed by atoms with Gasteiger partial charge in [0.2, 0.25) is 0 Å². The SMILES string of the molecule is Cc1ccc(CCNCC2CCCCN2)o1. The highest BCUT2D eigenvalue weighted by molar-refractivity contribution is 5.05. The molecule has 0 bridgehead atoms. The molecular formula is C13H22N2O. The van der Waals surface area contributed by atoms with Gasteiger partial charge in [0.25, 0.3) is 0 Å². The molecule has 90 valence electrons. The summed E-state index contributed by atoms with van der Waals surface area (Å²) in [6.07, 6.45) is 5.01. The molecule has 0 aliphatic carbocycles. The van der Waals surface area contributed by atoms with Crippen molar-refractivity contribution >= 4 is 0 Å². The van der Waals surface area contributed by atoms with Gasteiger partial charge < -0.3 is 15.1 Å². The van der Waals surface area contributed by atoms with E-state index < -0.39 is 0 Å². The molecule has 1 fully saturated rings. The van der Waals surface area contributed by atoms with E-state index >= 15 is 0 Å². The van der Waals surface area contributed by atoms with Crippen LogP contribution in [0.4, 0.5) is 0 Å². The molecule has 3 nitrogen and oxygen atoms in total. The van der Waals surface area contributed by atoms with Gasteiger partial charge in [-0.05, 0) is 38.4 Å². The van der Waals surface area contributed by atoms with Crippen LogP contribution in [0.2, 0.25) is 0 Å². The zero-order valence-electron chi connectivity index (χ0n) is 10.1. The first-order valence-electron chi connectivity index (χ1n) is 6.34. The van der Waals surface area contributed by atoms with Crippen molar-refractivity contribution in [3.8, 4) is 0 Å². The van der Waals surface area contributed by atoms with Crippen LogP contribution in [0.25, 0.3) is 0 Å². The smallest absolute Gasteiger partial charge is 0.105 e. The first-order valence-corrected chi connectivity index (χ1v) is 6.34. The third-order valence-electron chi connectivity index (χ3n) is 3.15. The van der Waals surface area contributed by atoms with Crippen LogP contribution in [0.5, 0.6) is 0 Å². The molecule has 2 heterocycles. The highest BCUT2D eigenvalue weighted by Gasteiger charge is 2.11. The van der Waals surface area contributed by atoms with E-state index in [4.69, 9.17) is 4.42 Å². The maximum absolute atomic E-state index is 5.52. The highest BCUT2D eigenvalue weighted by atomic mass is 16.3. The van der Waals surface area contributed by atoms with Gasteiger partial charge in [0, 0.05) is 25.6 Å². The Morgan fingerprint density at radius 1 is 1.44 bits per heavy atom. The second-order valence-electron chi connectivity index (χ2n) is 4.61. The minimum Gasteiger partial charge on any atom is -0.466 e. The van der Waals surface area contributed by atoms with Gasteiger partial charge in [0.05, 0.1) is 0 Å². The van der Waals surface area contributed by atoms with E-state index in [1.807, 2.05) is 13.0 Å². The number of hydrogen-bond acceptors (Lipinski definition) is 3. The van der Waals surface area contributed by atoms with E-state index in [-0.39, 0.29) is 0 Å². The molecular weight excluding hydrogens is 200 g/mol. The van der Waals surface area contributed by atoms with Crippen LogP contribution in [0.3, 0.4) is 0 Å². The predicted molar refractivity (Wildman–Crippen MR) is 65.7 cm³/mol. The minimum atomic E-state index is 0.673. The Bertz CT molecular complexity index is 303. The van der Waals surface area contributed by atoms with Crippen molar-refractivity contribution in [1.29, 1.82) is 0 Å². The molecule has 1 aliphatic rings. The van der Waals surface area contributed by atoms with Crippen LogP contribution in [-0.4, -0.2) is 25.7 Å². The lowest BCUT2D eigenvalue weighted by atomic mass is 10.1. The Morgan fingerprint density at radius 2 is 2.38 bits per heavy atom. The Morgan fingerprint density at radius 3 is 3.06 bits per heavy atom. The highest BCUT2D eigenvalue weighted by Crippen LogP contribution is 2.07. The van der Waals surface area contributed by atoms with E-state index in [1.54, 1.807) is 0 Å². The fourth-order valence-electron chi connectivity index (χ4n) is 2.21. The van der Waals surface area contributed by atoms with Gasteiger partial charge in [-0.3, -0.25) is 0 Å². The Labute approximate surface area is 97.6 Å². The lowest BCUT2D eigenvalue weighted by Gasteiger charge is -2.23. The molecule has 1 aromatic rings. The van der Waals surface area contributed by atoms with Crippen molar-refractivity contribution in [2.24, 2.45) is 0 Å². The van der Waals surface area contributed by atoms with Gasteiger partial charge >= 0.3 is 0 Å². The molecule has 2 N–H and O–H groups in total. The third-order valence-corrected chi connectivity index (χ3v) is 3.15. The molecule has 1 unspecified atom stereocenters. The summed E-state index contributed by atoms with van der Waals surface area (Å²) < 4.78 is 5.52. The van der Waals surface area contributed by atoms with Crippen LogP contribution in [0.1, 0.15) is 30.8 Å². The van der Waals surface area contributed by atoms with Gasteiger partial charge in [-0.15, -0.1) is 0 Å². The van der Waals surface area contributed by atoms with Crippen LogP contribution in [0, 0.1) is 6.92 Å².